The molecule has 1 fully saturated rings. The van der Waals surface area contributed by atoms with Gasteiger partial charge in [-0.05, 0) is 28.5 Å². The van der Waals surface area contributed by atoms with Gasteiger partial charge in [-0.15, -0.1) is 0 Å². The van der Waals surface area contributed by atoms with E-state index in [2.05, 4.69) is 59.1 Å². The molecule has 0 unspecified atom stereocenters. The molecule has 0 atom stereocenters. The molecule has 0 amide bonds. The first kappa shape index (κ1) is 19.3. The van der Waals surface area contributed by atoms with Gasteiger partial charge in [-0.25, -0.2) is 9.97 Å². The summed E-state index contributed by atoms with van der Waals surface area (Å²) in [6.07, 6.45) is 0. The zero-order valence-corrected chi connectivity index (χ0v) is 17.5. The van der Waals surface area contributed by atoms with Gasteiger partial charge in [0.05, 0.1) is 5.69 Å². The highest BCUT2D eigenvalue weighted by Crippen LogP contribution is 2.24. The molecule has 8 heteroatoms. The minimum absolute atomic E-state index is 0.309. The highest BCUT2D eigenvalue weighted by atomic mass is 15.6. The number of aromatic nitrogens is 6. The van der Waals surface area contributed by atoms with Crippen LogP contribution in [0.3, 0.4) is 0 Å². The van der Waals surface area contributed by atoms with E-state index in [9.17, 15) is 0 Å². The van der Waals surface area contributed by atoms with E-state index in [-0.39, 0.29) is 0 Å². The number of rotatable bonds is 5. The molecule has 3 aromatic rings. The van der Waals surface area contributed by atoms with Gasteiger partial charge < -0.3 is 9.80 Å². The lowest BCUT2D eigenvalue weighted by Gasteiger charge is -2.35. The van der Waals surface area contributed by atoms with Crippen LogP contribution >= 0.6 is 0 Å². The molecule has 2 aromatic heterocycles. The Hall–Kier alpha value is -3.03. The van der Waals surface area contributed by atoms with Crippen molar-refractivity contribution in [2.75, 3.05) is 36.0 Å². The molecule has 152 valence electrons. The summed E-state index contributed by atoms with van der Waals surface area (Å²) < 4.78 is 1.80. The fourth-order valence-corrected chi connectivity index (χ4v) is 3.44. The second-order valence-corrected chi connectivity index (χ2v) is 8.02. The summed E-state index contributed by atoms with van der Waals surface area (Å²) in [6.45, 7) is 12.1. The lowest BCUT2D eigenvalue weighted by atomic mass is 10.1. The second kappa shape index (κ2) is 8.14. The van der Waals surface area contributed by atoms with E-state index in [1.807, 2.05) is 30.3 Å². The molecule has 0 bridgehead atoms. The molecule has 8 nitrogen and oxygen atoms in total. The van der Waals surface area contributed by atoms with E-state index in [1.165, 1.54) is 0 Å². The van der Waals surface area contributed by atoms with E-state index in [0.29, 0.717) is 11.8 Å². The van der Waals surface area contributed by atoms with Crippen LogP contribution in [0.4, 0.5) is 11.8 Å². The maximum atomic E-state index is 4.84. The van der Waals surface area contributed by atoms with Crippen LogP contribution in [0.2, 0.25) is 0 Å². The van der Waals surface area contributed by atoms with Gasteiger partial charge in [0.15, 0.2) is 0 Å². The Balaban J connectivity index is 1.52. The van der Waals surface area contributed by atoms with Crippen molar-refractivity contribution >= 4 is 11.8 Å². The van der Waals surface area contributed by atoms with Crippen molar-refractivity contribution < 1.29 is 0 Å². The average molecular weight is 393 g/mol. The van der Waals surface area contributed by atoms with Gasteiger partial charge in [0.1, 0.15) is 11.6 Å². The van der Waals surface area contributed by atoms with Crippen LogP contribution in [-0.2, 0) is 0 Å². The predicted molar refractivity (Wildman–Crippen MR) is 114 cm³/mol. The molecule has 0 spiro atoms. The van der Waals surface area contributed by atoms with Gasteiger partial charge in [-0.3, -0.25) is 0 Å². The maximum Gasteiger partial charge on any atom is 0.250 e. The first-order valence-corrected chi connectivity index (χ1v) is 10.3. The molecular formula is C21H28N8. The molecule has 0 aliphatic carbocycles. The zero-order valence-electron chi connectivity index (χ0n) is 17.5. The molecule has 1 saturated heterocycles. The number of hydrogen-bond donors (Lipinski definition) is 0. The summed E-state index contributed by atoms with van der Waals surface area (Å²) in [5.74, 6) is 3.41. The summed E-state index contributed by atoms with van der Waals surface area (Å²) in [7, 11) is 0. The quantitative estimate of drug-likeness (QED) is 0.660. The number of tetrazole rings is 1. The van der Waals surface area contributed by atoms with E-state index in [0.717, 1.165) is 55.2 Å². The number of piperazine rings is 1. The Morgan fingerprint density at radius 1 is 0.828 bits per heavy atom. The number of nitrogens with zero attached hydrogens (tertiary/aromatic N) is 8. The molecule has 1 aromatic carbocycles. The molecule has 4 rings (SSSR count). The molecule has 29 heavy (non-hydrogen) atoms. The van der Waals surface area contributed by atoms with E-state index >= 15 is 0 Å². The van der Waals surface area contributed by atoms with E-state index in [1.54, 1.807) is 4.68 Å². The number of benzene rings is 1. The van der Waals surface area contributed by atoms with E-state index < -0.39 is 0 Å². The molecule has 1 aliphatic rings. The van der Waals surface area contributed by atoms with Gasteiger partial charge in [-0.1, -0.05) is 51.0 Å². The van der Waals surface area contributed by atoms with Gasteiger partial charge in [-0.2, -0.15) is 4.68 Å². The Kier molecular flexibility index (Phi) is 5.42. The molecule has 0 N–H and O–H groups in total. The van der Waals surface area contributed by atoms with Crippen molar-refractivity contribution in [3.05, 3.63) is 47.9 Å². The van der Waals surface area contributed by atoms with Crippen LogP contribution in [0.1, 0.15) is 51.0 Å². The summed E-state index contributed by atoms with van der Waals surface area (Å²) >= 11 is 0. The van der Waals surface area contributed by atoms with Gasteiger partial charge in [0, 0.05) is 43.9 Å². The fourth-order valence-electron chi connectivity index (χ4n) is 3.44. The molecule has 1 aliphatic heterocycles. The third kappa shape index (κ3) is 4.06. The van der Waals surface area contributed by atoms with Crippen LogP contribution < -0.4 is 9.80 Å². The Morgan fingerprint density at radius 3 is 2.17 bits per heavy atom. The van der Waals surface area contributed by atoms with Crippen molar-refractivity contribution in [3.63, 3.8) is 0 Å². The summed E-state index contributed by atoms with van der Waals surface area (Å²) in [6, 6.07) is 12.1. The normalized spacial score (nSPS) is 14.8. The number of hydrogen-bond acceptors (Lipinski definition) is 7. The predicted octanol–water partition coefficient (Wildman–Crippen LogP) is 3.03. The fraction of sp³-hybridized carbons (Fsp3) is 0.476. The van der Waals surface area contributed by atoms with E-state index in [4.69, 9.17) is 9.97 Å². The van der Waals surface area contributed by atoms with Crippen molar-refractivity contribution in [3.8, 4) is 5.69 Å². The topological polar surface area (TPSA) is 75.9 Å². The maximum absolute atomic E-state index is 4.84. The standard InChI is InChI=1S/C21H28N8/c1-15(2)18-14-19(23-20(22-18)16(3)4)27-10-12-28(13-11-27)21-24-25-26-29(21)17-8-6-5-7-9-17/h5-9,14-16H,10-13H2,1-4H3. The minimum atomic E-state index is 0.309. The monoisotopic (exact) mass is 392 g/mol. The van der Waals surface area contributed by atoms with Crippen molar-refractivity contribution in [2.24, 2.45) is 0 Å². The highest BCUT2D eigenvalue weighted by molar-refractivity contribution is 5.46. The Bertz CT molecular complexity index is 916. The zero-order chi connectivity index (χ0) is 20.4. The first-order valence-electron chi connectivity index (χ1n) is 10.3. The van der Waals surface area contributed by atoms with Crippen LogP contribution in [-0.4, -0.2) is 56.4 Å². The second-order valence-electron chi connectivity index (χ2n) is 8.02. The van der Waals surface area contributed by atoms with Crippen molar-refractivity contribution in [1.82, 2.24) is 30.2 Å². The largest absolute Gasteiger partial charge is 0.353 e. The third-order valence-electron chi connectivity index (χ3n) is 5.20. The average Bonchev–Trinajstić information content (AvgIpc) is 3.24. The van der Waals surface area contributed by atoms with Crippen molar-refractivity contribution in [2.45, 2.75) is 39.5 Å². The molecule has 0 saturated carbocycles. The first-order chi connectivity index (χ1) is 14.0. The smallest absolute Gasteiger partial charge is 0.250 e. The van der Waals surface area contributed by atoms with Gasteiger partial charge >= 0.3 is 0 Å². The minimum Gasteiger partial charge on any atom is -0.353 e. The third-order valence-corrected chi connectivity index (χ3v) is 5.20. The Morgan fingerprint density at radius 2 is 1.52 bits per heavy atom. The summed E-state index contributed by atoms with van der Waals surface area (Å²) in [4.78, 5) is 14.2. The van der Waals surface area contributed by atoms with Crippen LogP contribution in [0.25, 0.3) is 5.69 Å². The number of anilines is 2. The van der Waals surface area contributed by atoms with Gasteiger partial charge in [0.25, 0.3) is 0 Å². The van der Waals surface area contributed by atoms with Gasteiger partial charge in [0.2, 0.25) is 5.95 Å². The highest BCUT2D eigenvalue weighted by Gasteiger charge is 2.24. The molecule has 0 radical (unpaired) electrons. The number of para-hydroxylation sites is 1. The Labute approximate surface area is 171 Å². The van der Waals surface area contributed by atoms with Crippen LogP contribution in [0.15, 0.2) is 36.4 Å². The lowest BCUT2D eigenvalue weighted by molar-refractivity contribution is 0.620. The SMILES string of the molecule is CC(C)c1cc(N2CCN(c3nnnn3-c3ccccc3)CC2)nc(C(C)C)n1. The molecule has 3 heterocycles. The molecular weight excluding hydrogens is 364 g/mol. The lowest BCUT2D eigenvalue weighted by Crippen LogP contribution is -2.47. The van der Waals surface area contributed by atoms with Crippen LogP contribution in [0, 0.1) is 0 Å². The van der Waals surface area contributed by atoms with Crippen LogP contribution in [0.5, 0.6) is 0 Å². The summed E-state index contributed by atoms with van der Waals surface area (Å²) in [5, 5.41) is 12.4. The van der Waals surface area contributed by atoms with Crippen molar-refractivity contribution in [1.29, 1.82) is 0 Å². The summed E-state index contributed by atoms with van der Waals surface area (Å²) in [5.41, 5.74) is 2.07.